The lowest BCUT2D eigenvalue weighted by atomic mass is 9.95. The molecule has 7 heteroatoms. The van der Waals surface area contributed by atoms with Crippen molar-refractivity contribution in [1.82, 2.24) is 4.90 Å². The quantitative estimate of drug-likeness (QED) is 0.600. The zero-order valence-electron chi connectivity index (χ0n) is 15.0. The highest BCUT2D eigenvalue weighted by Gasteiger charge is 2.34. The van der Waals surface area contributed by atoms with Gasteiger partial charge in [-0.1, -0.05) is 47.5 Å². The topological polar surface area (TPSA) is 49.4 Å². The van der Waals surface area contributed by atoms with Crippen molar-refractivity contribution < 1.29 is 14.0 Å². The number of nitrogens with one attached hydrogen (secondary N) is 1. The predicted molar refractivity (Wildman–Crippen MR) is 111 cm³/mol. The van der Waals surface area contributed by atoms with E-state index < -0.39 is 17.8 Å². The summed E-state index contributed by atoms with van der Waals surface area (Å²) in [4.78, 5) is 27.4. The Labute approximate surface area is 176 Å². The molecule has 4 nitrogen and oxygen atoms in total. The molecule has 1 aliphatic rings. The number of carbonyl (C=O) groups excluding carboxylic acids is 2. The molecule has 1 aliphatic heterocycles. The fraction of sp³-hybridized carbons (Fsp3) is 0.0909. The van der Waals surface area contributed by atoms with E-state index in [0.717, 1.165) is 0 Å². The second-order valence-corrected chi connectivity index (χ2v) is 7.49. The van der Waals surface area contributed by atoms with E-state index in [1.165, 1.54) is 17.0 Å². The lowest BCUT2D eigenvalue weighted by Gasteiger charge is -2.31. The van der Waals surface area contributed by atoms with E-state index in [2.05, 4.69) is 5.32 Å². The standard InChI is InChI=1S/C22H15Cl2FN2O2/c23-14-7-10-19-17(11-14)21(13-5-8-15(25)9-6-13)27(12-20(28)26-19)22(29)16-3-1-2-4-18(16)24/h1-11,21H,12H2,(H,26,28)/t21-/m1/s1. The number of nitrogens with zero attached hydrogens (tertiary/aromatic N) is 1. The van der Waals surface area contributed by atoms with Crippen LogP contribution in [0, 0.1) is 5.82 Å². The monoisotopic (exact) mass is 428 g/mol. The maximum Gasteiger partial charge on any atom is 0.256 e. The Kier molecular flexibility index (Phi) is 5.26. The summed E-state index contributed by atoms with van der Waals surface area (Å²) in [6.45, 7) is -0.196. The fourth-order valence-electron chi connectivity index (χ4n) is 3.46. The summed E-state index contributed by atoms with van der Waals surface area (Å²) >= 11 is 12.5. The molecule has 146 valence electrons. The van der Waals surface area contributed by atoms with Gasteiger partial charge in [-0.15, -0.1) is 0 Å². The first kappa shape index (κ1) is 19.4. The van der Waals surface area contributed by atoms with Crippen molar-refractivity contribution in [3.63, 3.8) is 0 Å². The van der Waals surface area contributed by atoms with Crippen LogP contribution in [0.3, 0.4) is 0 Å². The summed E-state index contributed by atoms with van der Waals surface area (Å²) in [5.74, 6) is -1.15. The van der Waals surface area contributed by atoms with E-state index in [4.69, 9.17) is 23.2 Å². The van der Waals surface area contributed by atoms with Crippen LogP contribution in [-0.2, 0) is 4.79 Å². The Bertz CT molecular complexity index is 1100. The predicted octanol–water partition coefficient (Wildman–Crippen LogP) is 5.32. The number of hydrogen-bond donors (Lipinski definition) is 1. The maximum atomic E-state index is 13.5. The molecule has 0 aliphatic carbocycles. The summed E-state index contributed by atoms with van der Waals surface area (Å²) in [6, 6.07) is 16.9. The van der Waals surface area contributed by atoms with Gasteiger partial charge >= 0.3 is 0 Å². The zero-order valence-corrected chi connectivity index (χ0v) is 16.5. The van der Waals surface area contributed by atoms with Crippen molar-refractivity contribution in [3.8, 4) is 0 Å². The molecule has 4 rings (SSSR count). The average molecular weight is 429 g/mol. The van der Waals surface area contributed by atoms with E-state index in [1.807, 2.05) is 0 Å². The largest absolute Gasteiger partial charge is 0.324 e. The van der Waals surface area contributed by atoms with Gasteiger partial charge in [0.05, 0.1) is 16.6 Å². The van der Waals surface area contributed by atoms with Gasteiger partial charge in [0.2, 0.25) is 5.91 Å². The van der Waals surface area contributed by atoms with Crippen LogP contribution in [0.25, 0.3) is 0 Å². The molecular formula is C22H15Cl2FN2O2. The molecule has 1 heterocycles. The van der Waals surface area contributed by atoms with Gasteiger partial charge in [0.25, 0.3) is 5.91 Å². The minimum absolute atomic E-state index is 0.196. The van der Waals surface area contributed by atoms with E-state index >= 15 is 0 Å². The van der Waals surface area contributed by atoms with Crippen LogP contribution >= 0.6 is 23.2 Å². The second-order valence-electron chi connectivity index (χ2n) is 6.65. The molecule has 0 saturated heterocycles. The molecule has 0 aromatic heterocycles. The summed E-state index contributed by atoms with van der Waals surface area (Å²) in [7, 11) is 0. The van der Waals surface area contributed by atoms with Gasteiger partial charge in [-0.2, -0.15) is 0 Å². The molecule has 1 N–H and O–H groups in total. The number of anilines is 1. The molecule has 0 spiro atoms. The molecule has 2 amide bonds. The number of fused-ring (bicyclic) bond motifs is 1. The second kappa shape index (κ2) is 7.85. The Morgan fingerprint density at radius 2 is 1.76 bits per heavy atom. The van der Waals surface area contributed by atoms with Crippen LogP contribution in [0.15, 0.2) is 66.7 Å². The first-order chi connectivity index (χ1) is 13.9. The van der Waals surface area contributed by atoms with Gasteiger partial charge in [0.15, 0.2) is 0 Å². The highest BCUT2D eigenvalue weighted by atomic mass is 35.5. The van der Waals surface area contributed by atoms with Crippen LogP contribution < -0.4 is 5.32 Å². The van der Waals surface area contributed by atoms with Crippen LogP contribution in [0.2, 0.25) is 10.0 Å². The molecule has 0 radical (unpaired) electrons. The van der Waals surface area contributed by atoms with Gasteiger partial charge in [0.1, 0.15) is 12.4 Å². The molecule has 0 fully saturated rings. The molecule has 3 aromatic rings. The van der Waals surface area contributed by atoms with E-state index in [0.29, 0.717) is 21.8 Å². The highest BCUT2D eigenvalue weighted by Crippen LogP contribution is 2.38. The number of rotatable bonds is 2. The van der Waals surface area contributed by atoms with Gasteiger partial charge in [-0.05, 0) is 48.0 Å². The SMILES string of the molecule is O=C1CN(C(=O)c2ccccc2Cl)[C@H](c2ccc(F)cc2)c2cc(Cl)ccc2N1. The number of hydrogen-bond acceptors (Lipinski definition) is 2. The highest BCUT2D eigenvalue weighted by molar-refractivity contribution is 6.34. The van der Waals surface area contributed by atoms with Gasteiger partial charge < -0.3 is 10.2 Å². The number of halogens is 3. The van der Waals surface area contributed by atoms with E-state index in [9.17, 15) is 14.0 Å². The lowest BCUT2D eigenvalue weighted by Crippen LogP contribution is -2.39. The normalized spacial score (nSPS) is 16.0. The summed E-state index contributed by atoms with van der Waals surface area (Å²) in [5, 5.41) is 3.55. The van der Waals surface area contributed by atoms with Gasteiger partial charge in [-0.3, -0.25) is 9.59 Å². The average Bonchev–Trinajstić information content (AvgIpc) is 2.84. The summed E-state index contributed by atoms with van der Waals surface area (Å²) in [6.07, 6.45) is 0. The Balaban J connectivity index is 1.91. The van der Waals surface area contributed by atoms with Crippen molar-refractivity contribution in [2.45, 2.75) is 6.04 Å². The molecule has 0 unspecified atom stereocenters. The van der Waals surface area contributed by atoms with Crippen molar-refractivity contribution in [2.24, 2.45) is 0 Å². The molecule has 3 aromatic carbocycles. The molecule has 1 atom stereocenters. The third-order valence-electron chi connectivity index (χ3n) is 4.76. The van der Waals surface area contributed by atoms with Crippen molar-refractivity contribution in [3.05, 3.63) is 99.3 Å². The van der Waals surface area contributed by atoms with Crippen LogP contribution in [0.4, 0.5) is 10.1 Å². The van der Waals surface area contributed by atoms with Crippen LogP contribution in [0.1, 0.15) is 27.5 Å². The Hall–Kier alpha value is -2.89. The van der Waals surface area contributed by atoms with Crippen LogP contribution in [0.5, 0.6) is 0 Å². The number of carbonyl (C=O) groups is 2. The minimum Gasteiger partial charge on any atom is -0.324 e. The third kappa shape index (κ3) is 3.84. The maximum absolute atomic E-state index is 13.5. The molecule has 0 bridgehead atoms. The fourth-order valence-corrected chi connectivity index (χ4v) is 3.86. The van der Waals surface area contributed by atoms with Crippen molar-refractivity contribution in [2.75, 3.05) is 11.9 Å². The van der Waals surface area contributed by atoms with E-state index in [1.54, 1.807) is 54.6 Å². The zero-order chi connectivity index (χ0) is 20.5. The van der Waals surface area contributed by atoms with Gasteiger partial charge in [0, 0.05) is 16.3 Å². The number of amides is 2. The first-order valence-corrected chi connectivity index (χ1v) is 9.60. The third-order valence-corrected chi connectivity index (χ3v) is 5.32. The smallest absolute Gasteiger partial charge is 0.256 e. The molecule has 29 heavy (non-hydrogen) atoms. The van der Waals surface area contributed by atoms with Crippen molar-refractivity contribution >= 4 is 40.7 Å². The van der Waals surface area contributed by atoms with E-state index in [-0.39, 0.29) is 23.0 Å². The Morgan fingerprint density at radius 3 is 2.48 bits per heavy atom. The number of benzene rings is 3. The Morgan fingerprint density at radius 1 is 1.03 bits per heavy atom. The summed E-state index contributed by atoms with van der Waals surface area (Å²) < 4.78 is 13.5. The summed E-state index contributed by atoms with van der Waals surface area (Å²) in [5.41, 5.74) is 2.10. The lowest BCUT2D eigenvalue weighted by molar-refractivity contribution is -0.117. The first-order valence-electron chi connectivity index (χ1n) is 8.84. The minimum atomic E-state index is -0.660. The molecular weight excluding hydrogens is 414 g/mol. The van der Waals surface area contributed by atoms with Crippen molar-refractivity contribution in [1.29, 1.82) is 0 Å². The van der Waals surface area contributed by atoms with Gasteiger partial charge in [-0.25, -0.2) is 4.39 Å². The van der Waals surface area contributed by atoms with Crippen LogP contribution in [-0.4, -0.2) is 23.3 Å². The molecule has 0 saturated carbocycles.